The standard InChI is InChI=1S/C19H31N3O3S/c1-14(2)19(20-13-16-10-12-25-22-16)11-4-5-18(21-19)15-6-8-17(9-7-15)26(3,23)24/h6-9,14,16,18,20-22H,4-5,10-13H2,1-3H3. The third kappa shape index (κ3) is 4.46. The maximum atomic E-state index is 11.7. The van der Waals surface area contributed by atoms with Crippen LogP contribution in [0.5, 0.6) is 0 Å². The zero-order valence-electron chi connectivity index (χ0n) is 15.9. The molecule has 1 aromatic rings. The Labute approximate surface area is 157 Å². The number of hydrogen-bond donors (Lipinski definition) is 3. The predicted molar refractivity (Wildman–Crippen MR) is 102 cm³/mol. The quantitative estimate of drug-likeness (QED) is 0.701. The number of benzene rings is 1. The van der Waals surface area contributed by atoms with Crippen LogP contribution in [-0.4, -0.2) is 39.5 Å². The Morgan fingerprint density at radius 1 is 1.27 bits per heavy atom. The predicted octanol–water partition coefficient (Wildman–Crippen LogP) is 2.14. The summed E-state index contributed by atoms with van der Waals surface area (Å²) in [5.41, 5.74) is 4.09. The van der Waals surface area contributed by atoms with Gasteiger partial charge in [-0.3, -0.25) is 10.6 Å². The molecule has 2 saturated heterocycles. The van der Waals surface area contributed by atoms with Gasteiger partial charge in [0.1, 0.15) is 0 Å². The monoisotopic (exact) mass is 381 g/mol. The van der Waals surface area contributed by atoms with Gasteiger partial charge in [0.05, 0.1) is 17.2 Å². The number of piperidine rings is 1. The maximum Gasteiger partial charge on any atom is 0.175 e. The largest absolute Gasteiger partial charge is 0.301 e. The average molecular weight is 382 g/mol. The molecule has 1 aromatic carbocycles. The molecular formula is C19H31N3O3S. The molecule has 3 atom stereocenters. The third-order valence-electron chi connectivity index (χ3n) is 5.67. The first kappa shape index (κ1) is 19.8. The van der Waals surface area contributed by atoms with Crippen molar-refractivity contribution in [3.05, 3.63) is 29.8 Å². The summed E-state index contributed by atoms with van der Waals surface area (Å²) in [5, 5.41) is 7.60. The van der Waals surface area contributed by atoms with Gasteiger partial charge < -0.3 is 4.84 Å². The smallest absolute Gasteiger partial charge is 0.175 e. The zero-order chi connectivity index (χ0) is 18.8. The van der Waals surface area contributed by atoms with E-state index in [9.17, 15) is 8.42 Å². The Morgan fingerprint density at radius 3 is 2.58 bits per heavy atom. The van der Waals surface area contributed by atoms with E-state index in [1.165, 1.54) is 6.26 Å². The molecule has 0 bridgehead atoms. The highest BCUT2D eigenvalue weighted by Crippen LogP contribution is 2.34. The van der Waals surface area contributed by atoms with Gasteiger partial charge in [0, 0.05) is 24.9 Å². The minimum atomic E-state index is -3.16. The maximum absolute atomic E-state index is 11.7. The van der Waals surface area contributed by atoms with Crippen molar-refractivity contribution in [3.8, 4) is 0 Å². The van der Waals surface area contributed by atoms with E-state index in [1.54, 1.807) is 12.1 Å². The fraction of sp³-hybridized carbons (Fsp3) is 0.684. The highest BCUT2D eigenvalue weighted by Gasteiger charge is 2.39. The van der Waals surface area contributed by atoms with Crippen LogP contribution in [0.2, 0.25) is 0 Å². The summed E-state index contributed by atoms with van der Waals surface area (Å²) in [4.78, 5) is 5.63. The molecule has 7 heteroatoms. The number of hydrogen-bond acceptors (Lipinski definition) is 6. The van der Waals surface area contributed by atoms with Crippen molar-refractivity contribution in [2.24, 2.45) is 5.92 Å². The minimum Gasteiger partial charge on any atom is -0.301 e. The molecule has 3 N–H and O–H groups in total. The third-order valence-corrected chi connectivity index (χ3v) is 6.80. The summed E-state index contributed by atoms with van der Waals surface area (Å²) >= 11 is 0. The Hall–Kier alpha value is -0.990. The molecule has 0 amide bonds. The molecule has 26 heavy (non-hydrogen) atoms. The Morgan fingerprint density at radius 2 is 2.00 bits per heavy atom. The van der Waals surface area contributed by atoms with Crippen molar-refractivity contribution in [2.45, 2.75) is 62.2 Å². The highest BCUT2D eigenvalue weighted by atomic mass is 32.2. The van der Waals surface area contributed by atoms with Crippen LogP contribution in [0.25, 0.3) is 0 Å². The summed E-state index contributed by atoms with van der Waals surface area (Å²) in [6.45, 7) is 6.12. The molecular weight excluding hydrogens is 350 g/mol. The molecule has 2 aliphatic rings. The lowest BCUT2D eigenvalue weighted by Crippen LogP contribution is -2.64. The lowest BCUT2D eigenvalue weighted by molar-refractivity contribution is 0.0745. The Bertz CT molecular complexity index is 699. The second-order valence-electron chi connectivity index (χ2n) is 7.89. The van der Waals surface area contributed by atoms with Gasteiger partial charge in [-0.25, -0.2) is 8.42 Å². The van der Waals surface area contributed by atoms with Gasteiger partial charge >= 0.3 is 0 Å². The number of hydroxylamine groups is 1. The van der Waals surface area contributed by atoms with Crippen LogP contribution in [0.15, 0.2) is 29.2 Å². The average Bonchev–Trinajstić information content (AvgIpc) is 3.13. The molecule has 6 nitrogen and oxygen atoms in total. The Balaban J connectivity index is 1.72. The van der Waals surface area contributed by atoms with Crippen molar-refractivity contribution in [2.75, 3.05) is 19.4 Å². The summed E-state index contributed by atoms with van der Waals surface area (Å²) in [5.74, 6) is 0.433. The molecule has 0 spiro atoms. The van der Waals surface area contributed by atoms with Crippen LogP contribution < -0.4 is 16.1 Å². The van der Waals surface area contributed by atoms with Gasteiger partial charge in [-0.05, 0) is 49.3 Å². The van der Waals surface area contributed by atoms with E-state index in [4.69, 9.17) is 4.84 Å². The van der Waals surface area contributed by atoms with Crippen LogP contribution >= 0.6 is 0 Å². The lowest BCUT2D eigenvalue weighted by atomic mass is 9.82. The number of rotatable bonds is 6. The molecule has 3 rings (SSSR count). The van der Waals surface area contributed by atoms with Crippen LogP contribution in [0.3, 0.4) is 0 Å². The lowest BCUT2D eigenvalue weighted by Gasteiger charge is -2.47. The second-order valence-corrected chi connectivity index (χ2v) is 9.90. The number of nitrogens with one attached hydrogen (secondary N) is 3. The van der Waals surface area contributed by atoms with Crippen molar-refractivity contribution < 1.29 is 13.3 Å². The second kappa shape index (κ2) is 7.94. The summed E-state index contributed by atoms with van der Waals surface area (Å²) < 4.78 is 23.4. The van der Waals surface area contributed by atoms with E-state index in [2.05, 4.69) is 30.0 Å². The first-order valence-electron chi connectivity index (χ1n) is 9.50. The van der Waals surface area contributed by atoms with E-state index >= 15 is 0 Å². The van der Waals surface area contributed by atoms with Crippen LogP contribution in [0, 0.1) is 5.92 Å². The van der Waals surface area contributed by atoms with Gasteiger partial charge in [-0.1, -0.05) is 26.0 Å². The highest BCUT2D eigenvalue weighted by molar-refractivity contribution is 7.90. The molecule has 2 heterocycles. The van der Waals surface area contributed by atoms with Crippen molar-refractivity contribution in [1.82, 2.24) is 16.1 Å². The Kier molecular flexibility index (Phi) is 6.04. The molecule has 0 aliphatic carbocycles. The summed E-state index contributed by atoms with van der Waals surface area (Å²) in [7, 11) is -3.16. The van der Waals surface area contributed by atoms with Crippen molar-refractivity contribution in [1.29, 1.82) is 0 Å². The number of sulfone groups is 1. The normalized spacial score (nSPS) is 30.0. The van der Waals surface area contributed by atoms with Crippen LogP contribution in [-0.2, 0) is 14.7 Å². The zero-order valence-corrected chi connectivity index (χ0v) is 16.7. The van der Waals surface area contributed by atoms with Crippen LogP contribution in [0.1, 0.15) is 51.1 Å². The fourth-order valence-electron chi connectivity index (χ4n) is 3.92. The van der Waals surface area contributed by atoms with Gasteiger partial charge in [-0.15, -0.1) is 0 Å². The minimum absolute atomic E-state index is 0.122. The topological polar surface area (TPSA) is 79.5 Å². The first-order chi connectivity index (χ1) is 12.3. The molecule has 3 unspecified atom stereocenters. The van der Waals surface area contributed by atoms with E-state index in [-0.39, 0.29) is 11.7 Å². The van der Waals surface area contributed by atoms with E-state index in [0.717, 1.165) is 44.4 Å². The first-order valence-corrected chi connectivity index (χ1v) is 11.4. The fourth-order valence-corrected chi connectivity index (χ4v) is 4.55. The molecule has 0 aromatic heterocycles. The van der Waals surface area contributed by atoms with E-state index < -0.39 is 9.84 Å². The van der Waals surface area contributed by atoms with Crippen molar-refractivity contribution in [3.63, 3.8) is 0 Å². The SMILES string of the molecule is CC(C)C1(NCC2CCON2)CCCC(c2ccc(S(C)(=O)=O)cc2)N1. The van der Waals surface area contributed by atoms with E-state index in [1.807, 2.05) is 12.1 Å². The van der Waals surface area contributed by atoms with Gasteiger partial charge in [0.25, 0.3) is 0 Å². The van der Waals surface area contributed by atoms with Gasteiger partial charge in [0.2, 0.25) is 0 Å². The molecule has 146 valence electrons. The van der Waals surface area contributed by atoms with Crippen LogP contribution in [0.4, 0.5) is 0 Å². The molecule has 0 radical (unpaired) electrons. The molecule has 2 fully saturated rings. The van der Waals surface area contributed by atoms with Gasteiger partial charge in [0.15, 0.2) is 9.84 Å². The summed E-state index contributed by atoms with van der Waals surface area (Å²) in [6, 6.07) is 7.88. The molecule has 2 aliphatic heterocycles. The van der Waals surface area contributed by atoms with E-state index in [0.29, 0.717) is 16.9 Å². The van der Waals surface area contributed by atoms with Crippen molar-refractivity contribution >= 4 is 9.84 Å². The van der Waals surface area contributed by atoms with Gasteiger partial charge in [-0.2, -0.15) is 5.48 Å². The summed E-state index contributed by atoms with van der Waals surface area (Å²) in [6.07, 6.45) is 5.54. The molecule has 0 saturated carbocycles.